The second-order valence-electron chi connectivity index (χ2n) is 4.05. The van der Waals surface area contributed by atoms with E-state index in [1.807, 2.05) is 43.5 Å². The van der Waals surface area contributed by atoms with Crippen LogP contribution in [-0.4, -0.2) is 4.98 Å². The van der Waals surface area contributed by atoms with Crippen molar-refractivity contribution >= 4 is 22.6 Å². The van der Waals surface area contributed by atoms with E-state index >= 15 is 0 Å². The third kappa shape index (κ3) is 3.33. The first-order valence-electron chi connectivity index (χ1n) is 5.80. The van der Waals surface area contributed by atoms with Crippen LogP contribution in [0, 0.1) is 25.2 Å². The summed E-state index contributed by atoms with van der Waals surface area (Å²) in [6.45, 7) is 3.93. The Balaban J connectivity index is 2.06. The maximum Gasteiger partial charge on any atom is 0.135 e. The lowest BCUT2D eigenvalue weighted by atomic mass is 10.2. The zero-order chi connectivity index (χ0) is 13.7. The topological polar surface area (TPSA) is 60.7 Å². The van der Waals surface area contributed by atoms with E-state index in [0.717, 1.165) is 22.0 Å². The molecule has 4 nitrogen and oxygen atoms in total. The normalized spacial score (nSPS) is 10.9. The first-order chi connectivity index (χ1) is 9.20. The summed E-state index contributed by atoms with van der Waals surface area (Å²) in [5.41, 5.74) is 9.53. The van der Waals surface area contributed by atoms with Crippen LogP contribution in [0.2, 0.25) is 0 Å². The number of nitriles is 1. The third-order valence-corrected chi connectivity index (χ3v) is 3.53. The van der Waals surface area contributed by atoms with E-state index in [4.69, 9.17) is 5.26 Å². The molecule has 19 heavy (non-hydrogen) atoms. The molecule has 0 radical (unpaired) electrons. The Kier molecular flexibility index (Phi) is 4.16. The number of para-hydroxylation sites is 1. The largest absolute Gasteiger partial charge is 0.307 e. The second kappa shape index (κ2) is 6.03. The van der Waals surface area contributed by atoms with Crippen LogP contribution in [0.3, 0.4) is 0 Å². The van der Waals surface area contributed by atoms with Gasteiger partial charge in [0, 0.05) is 17.3 Å². The summed E-state index contributed by atoms with van der Waals surface area (Å²) >= 11 is 1.46. The Morgan fingerprint density at radius 3 is 2.79 bits per heavy atom. The molecular weight excluding hydrogens is 256 g/mol. The highest BCUT2D eigenvalue weighted by atomic mass is 32.1. The van der Waals surface area contributed by atoms with Gasteiger partial charge in [0.05, 0.1) is 5.69 Å². The van der Waals surface area contributed by atoms with E-state index in [1.54, 1.807) is 6.20 Å². The number of nitrogens with one attached hydrogen (secondary N) is 2. The predicted molar refractivity (Wildman–Crippen MR) is 78.4 cm³/mol. The number of hydrazine groups is 1. The number of benzene rings is 1. The number of hydrogen-bond acceptors (Lipinski definition) is 5. The number of allylic oxidation sites excluding steroid dienone is 1. The van der Waals surface area contributed by atoms with Gasteiger partial charge in [-0.25, -0.2) is 4.98 Å². The van der Waals surface area contributed by atoms with Crippen molar-refractivity contribution in [2.75, 3.05) is 5.43 Å². The van der Waals surface area contributed by atoms with E-state index in [1.165, 1.54) is 11.3 Å². The van der Waals surface area contributed by atoms with Gasteiger partial charge in [0.2, 0.25) is 0 Å². The second-order valence-corrected chi connectivity index (χ2v) is 4.91. The average Bonchev–Trinajstić information content (AvgIpc) is 2.83. The molecule has 0 spiro atoms. The summed E-state index contributed by atoms with van der Waals surface area (Å²) in [6.07, 6.45) is 1.63. The lowest BCUT2D eigenvalue weighted by Crippen LogP contribution is -2.15. The van der Waals surface area contributed by atoms with Gasteiger partial charge in [-0.1, -0.05) is 18.2 Å². The molecule has 0 amide bonds. The lowest BCUT2D eigenvalue weighted by Gasteiger charge is -2.08. The predicted octanol–water partition coefficient (Wildman–Crippen LogP) is 3.24. The van der Waals surface area contributed by atoms with E-state index < -0.39 is 0 Å². The van der Waals surface area contributed by atoms with Crippen molar-refractivity contribution in [3.8, 4) is 6.07 Å². The van der Waals surface area contributed by atoms with Crippen LogP contribution in [0.4, 0.5) is 5.69 Å². The van der Waals surface area contributed by atoms with Gasteiger partial charge in [-0.2, -0.15) is 5.26 Å². The van der Waals surface area contributed by atoms with E-state index in [9.17, 15) is 0 Å². The van der Waals surface area contributed by atoms with E-state index in [-0.39, 0.29) is 0 Å². The molecule has 1 aromatic heterocycles. The smallest absolute Gasteiger partial charge is 0.135 e. The Morgan fingerprint density at radius 2 is 2.16 bits per heavy atom. The summed E-state index contributed by atoms with van der Waals surface area (Å²) < 4.78 is 0. The summed E-state index contributed by atoms with van der Waals surface area (Å²) in [7, 11) is 0. The number of anilines is 1. The standard InChI is InChI=1S/C14H14N4S/c1-10-5-3-4-6-13(10)18-16-8-12(7-15)14-17-11(2)9-19-14/h3-6,8-9,16,18H,1-2H3/b12-8+. The monoisotopic (exact) mass is 270 g/mol. The Bertz CT molecular complexity index is 637. The maximum absolute atomic E-state index is 9.12. The van der Waals surface area contributed by atoms with Gasteiger partial charge in [-0.15, -0.1) is 11.3 Å². The molecule has 2 aromatic rings. The average molecular weight is 270 g/mol. The molecule has 0 aliphatic rings. The highest BCUT2D eigenvalue weighted by molar-refractivity contribution is 7.10. The van der Waals surface area contributed by atoms with Crippen molar-refractivity contribution in [2.45, 2.75) is 13.8 Å². The van der Waals surface area contributed by atoms with Gasteiger partial charge in [0.1, 0.15) is 16.6 Å². The van der Waals surface area contributed by atoms with Crippen molar-refractivity contribution < 1.29 is 0 Å². The van der Waals surface area contributed by atoms with Crippen LogP contribution in [0.15, 0.2) is 35.8 Å². The van der Waals surface area contributed by atoms with Gasteiger partial charge in [0.15, 0.2) is 0 Å². The minimum absolute atomic E-state index is 0.513. The molecule has 2 N–H and O–H groups in total. The van der Waals surface area contributed by atoms with Gasteiger partial charge in [-0.3, -0.25) is 0 Å². The van der Waals surface area contributed by atoms with Crippen molar-refractivity contribution in [1.29, 1.82) is 5.26 Å². The maximum atomic E-state index is 9.12. The Hall–Kier alpha value is -2.32. The van der Waals surface area contributed by atoms with Gasteiger partial charge >= 0.3 is 0 Å². The van der Waals surface area contributed by atoms with Gasteiger partial charge < -0.3 is 10.9 Å². The van der Waals surface area contributed by atoms with Crippen molar-refractivity contribution in [3.63, 3.8) is 0 Å². The number of aryl methyl sites for hydroxylation is 2. The summed E-state index contributed by atoms with van der Waals surface area (Å²) in [5, 5.41) is 11.8. The third-order valence-electron chi connectivity index (χ3n) is 2.54. The number of aromatic nitrogens is 1. The number of hydrogen-bond donors (Lipinski definition) is 2. The van der Waals surface area contributed by atoms with Crippen LogP contribution < -0.4 is 10.9 Å². The molecule has 0 fully saturated rings. The lowest BCUT2D eigenvalue weighted by molar-refractivity contribution is 1.05. The fraction of sp³-hybridized carbons (Fsp3) is 0.143. The molecule has 0 aliphatic carbocycles. The van der Waals surface area contributed by atoms with Crippen LogP contribution in [-0.2, 0) is 0 Å². The fourth-order valence-electron chi connectivity index (χ4n) is 1.52. The fourth-order valence-corrected chi connectivity index (χ4v) is 2.28. The number of thiazole rings is 1. The van der Waals surface area contributed by atoms with Crippen LogP contribution in [0.25, 0.3) is 5.57 Å². The molecule has 1 heterocycles. The van der Waals surface area contributed by atoms with Gasteiger partial charge in [-0.05, 0) is 25.5 Å². The number of nitrogens with zero attached hydrogens (tertiary/aromatic N) is 2. The first-order valence-corrected chi connectivity index (χ1v) is 6.68. The van der Waals surface area contributed by atoms with Crippen molar-refractivity contribution in [3.05, 3.63) is 52.1 Å². The van der Waals surface area contributed by atoms with Gasteiger partial charge in [0.25, 0.3) is 0 Å². The minimum atomic E-state index is 0.513. The quantitative estimate of drug-likeness (QED) is 0.661. The SMILES string of the molecule is Cc1csc(/C(C#N)=C/NNc2ccccc2C)n1. The van der Waals surface area contributed by atoms with E-state index in [2.05, 4.69) is 21.9 Å². The molecule has 5 heteroatoms. The summed E-state index contributed by atoms with van der Waals surface area (Å²) in [4.78, 5) is 4.29. The molecule has 0 saturated carbocycles. The highest BCUT2D eigenvalue weighted by Gasteiger charge is 2.04. The Labute approximate surface area is 116 Å². The molecule has 2 rings (SSSR count). The molecule has 0 aliphatic heterocycles. The molecule has 0 saturated heterocycles. The summed E-state index contributed by atoms with van der Waals surface area (Å²) in [5.74, 6) is 0. The Morgan fingerprint density at radius 1 is 1.37 bits per heavy atom. The molecule has 0 bridgehead atoms. The minimum Gasteiger partial charge on any atom is -0.307 e. The van der Waals surface area contributed by atoms with Crippen LogP contribution >= 0.6 is 11.3 Å². The van der Waals surface area contributed by atoms with Crippen LogP contribution in [0.1, 0.15) is 16.3 Å². The molecule has 1 aromatic carbocycles. The molecule has 0 unspecified atom stereocenters. The molecule has 0 atom stereocenters. The highest BCUT2D eigenvalue weighted by Crippen LogP contribution is 2.18. The first kappa shape index (κ1) is 13.1. The zero-order valence-corrected chi connectivity index (χ0v) is 11.6. The molecule has 96 valence electrons. The van der Waals surface area contributed by atoms with Crippen molar-refractivity contribution in [1.82, 2.24) is 10.4 Å². The molecular formula is C14H14N4S. The van der Waals surface area contributed by atoms with Crippen LogP contribution in [0.5, 0.6) is 0 Å². The summed E-state index contributed by atoms with van der Waals surface area (Å²) in [6, 6.07) is 10.1. The van der Waals surface area contributed by atoms with Crippen molar-refractivity contribution in [2.24, 2.45) is 0 Å². The number of rotatable bonds is 4. The zero-order valence-electron chi connectivity index (χ0n) is 10.8. The van der Waals surface area contributed by atoms with E-state index in [0.29, 0.717) is 5.57 Å².